The molecule has 0 amide bonds. The first-order valence-electron chi connectivity index (χ1n) is 9.43. The molecule has 2 aromatic heterocycles. The standard InChI is InChI=1S/C21H20N4O4S/c1-28-21(27)16-10-15(12-30)17-18(22-16)20(25-5-7-29-8-6-25)24-19(23-17)14-4-2-3-13(9-14)11-26/h2-4,9-10,12,26H,5-8,11H2,1H3. The maximum absolute atomic E-state index is 12.1. The van der Waals surface area contributed by atoms with E-state index in [4.69, 9.17) is 31.7 Å². The predicted molar refractivity (Wildman–Crippen MR) is 116 cm³/mol. The van der Waals surface area contributed by atoms with Gasteiger partial charge in [0.25, 0.3) is 0 Å². The molecular weight excluding hydrogens is 404 g/mol. The smallest absolute Gasteiger partial charge is 0.356 e. The minimum Gasteiger partial charge on any atom is -0.464 e. The van der Waals surface area contributed by atoms with Crippen molar-refractivity contribution in [2.24, 2.45) is 0 Å². The average molecular weight is 424 g/mol. The number of methoxy groups -OCH3 is 1. The second-order valence-electron chi connectivity index (χ2n) is 6.73. The molecule has 3 heterocycles. The molecule has 154 valence electrons. The quantitative estimate of drug-likeness (QED) is 0.488. The fourth-order valence-corrected chi connectivity index (χ4v) is 3.53. The van der Waals surface area contributed by atoms with Gasteiger partial charge in [0.15, 0.2) is 11.6 Å². The van der Waals surface area contributed by atoms with Crippen molar-refractivity contribution < 1.29 is 19.4 Å². The number of carbonyl (C=O) groups excluding carboxylic acids is 1. The summed E-state index contributed by atoms with van der Waals surface area (Å²) in [5, 5.41) is 11.0. The Hall–Kier alpha value is -3.01. The minimum absolute atomic E-state index is 0.0764. The van der Waals surface area contributed by atoms with Crippen LogP contribution in [0.3, 0.4) is 0 Å². The summed E-state index contributed by atoms with van der Waals surface area (Å²) in [5.74, 6) is 0.546. The number of aliphatic hydroxyl groups is 1. The van der Waals surface area contributed by atoms with Crippen LogP contribution in [0.5, 0.6) is 0 Å². The molecule has 0 atom stereocenters. The number of pyridine rings is 1. The molecule has 0 unspecified atom stereocenters. The number of aliphatic hydroxyl groups excluding tert-OH is 1. The Labute approximate surface area is 178 Å². The lowest BCUT2D eigenvalue weighted by atomic mass is 10.1. The first kappa shape index (κ1) is 20.3. The third-order valence-corrected chi connectivity index (χ3v) is 5.12. The van der Waals surface area contributed by atoms with Gasteiger partial charge in [-0.15, -0.1) is 0 Å². The van der Waals surface area contributed by atoms with Crippen LogP contribution in [-0.2, 0) is 16.1 Å². The van der Waals surface area contributed by atoms with Gasteiger partial charge in [0.2, 0.25) is 0 Å². The van der Waals surface area contributed by atoms with Crippen LogP contribution in [0.4, 0.5) is 5.82 Å². The fourth-order valence-electron chi connectivity index (χ4n) is 3.35. The van der Waals surface area contributed by atoms with E-state index in [1.54, 1.807) is 6.07 Å². The van der Waals surface area contributed by atoms with E-state index in [-0.39, 0.29) is 12.3 Å². The molecule has 1 aromatic carbocycles. The zero-order valence-electron chi connectivity index (χ0n) is 16.4. The van der Waals surface area contributed by atoms with Crippen molar-refractivity contribution in [3.8, 4) is 11.4 Å². The topological polar surface area (TPSA) is 97.7 Å². The summed E-state index contributed by atoms with van der Waals surface area (Å²) >= 11 is 5.20. The molecule has 1 N–H and O–H groups in total. The number of hydrogen-bond donors (Lipinski definition) is 1. The number of hydrogen-bond acceptors (Lipinski definition) is 9. The van der Waals surface area contributed by atoms with Crippen LogP contribution < -0.4 is 4.90 Å². The maximum atomic E-state index is 12.1. The Morgan fingerprint density at radius 3 is 2.73 bits per heavy atom. The number of ether oxygens (including phenoxy) is 2. The van der Waals surface area contributed by atoms with E-state index in [9.17, 15) is 9.90 Å². The Morgan fingerprint density at radius 2 is 2.03 bits per heavy atom. The minimum atomic E-state index is -0.553. The summed E-state index contributed by atoms with van der Waals surface area (Å²) in [5.41, 5.74) is 3.31. The van der Waals surface area contributed by atoms with Gasteiger partial charge in [-0.05, 0) is 17.7 Å². The highest BCUT2D eigenvalue weighted by Gasteiger charge is 2.22. The molecule has 1 aliphatic heterocycles. The molecule has 0 bridgehead atoms. The van der Waals surface area contributed by atoms with Gasteiger partial charge in [0, 0.05) is 29.6 Å². The first-order chi connectivity index (χ1) is 14.6. The summed E-state index contributed by atoms with van der Waals surface area (Å²) < 4.78 is 10.3. The van der Waals surface area contributed by atoms with Gasteiger partial charge in [-0.1, -0.05) is 30.4 Å². The van der Waals surface area contributed by atoms with Gasteiger partial charge in [0.05, 0.1) is 26.9 Å². The second-order valence-corrected chi connectivity index (χ2v) is 6.97. The highest BCUT2D eigenvalue weighted by atomic mass is 32.1. The van der Waals surface area contributed by atoms with Gasteiger partial charge < -0.3 is 19.5 Å². The fraction of sp³-hybridized carbons (Fsp3) is 0.286. The highest BCUT2D eigenvalue weighted by molar-refractivity contribution is 7.79. The summed E-state index contributed by atoms with van der Waals surface area (Å²) in [6.45, 7) is 2.33. The number of morpholine rings is 1. The number of fused-ring (bicyclic) bond motifs is 1. The summed E-state index contributed by atoms with van der Waals surface area (Å²) in [4.78, 5) is 28.2. The van der Waals surface area contributed by atoms with Crippen LogP contribution in [0.25, 0.3) is 22.4 Å². The van der Waals surface area contributed by atoms with Crippen LogP contribution in [0, 0.1) is 0 Å². The Bertz CT molecular complexity index is 1120. The van der Waals surface area contributed by atoms with E-state index in [0.29, 0.717) is 54.5 Å². The monoisotopic (exact) mass is 424 g/mol. The van der Waals surface area contributed by atoms with Crippen molar-refractivity contribution >= 4 is 40.4 Å². The van der Waals surface area contributed by atoms with E-state index in [0.717, 1.165) is 11.1 Å². The first-order valence-corrected chi connectivity index (χ1v) is 9.91. The Morgan fingerprint density at radius 1 is 1.23 bits per heavy atom. The number of anilines is 1. The molecule has 4 rings (SSSR count). The van der Waals surface area contributed by atoms with E-state index >= 15 is 0 Å². The SMILES string of the molecule is COC(=O)c1cc(C=S)c2nc(-c3cccc(CO)c3)nc(N3CCOCC3)c2n1. The van der Waals surface area contributed by atoms with E-state index in [1.165, 1.54) is 12.5 Å². The van der Waals surface area contributed by atoms with Crippen LogP contribution in [0.2, 0.25) is 0 Å². The zero-order chi connectivity index (χ0) is 21.1. The van der Waals surface area contributed by atoms with E-state index in [1.807, 2.05) is 24.3 Å². The number of nitrogens with zero attached hydrogens (tertiary/aromatic N) is 4. The lowest BCUT2D eigenvalue weighted by Crippen LogP contribution is -2.37. The molecule has 1 fully saturated rings. The number of aromatic nitrogens is 3. The van der Waals surface area contributed by atoms with Crippen molar-refractivity contribution in [2.75, 3.05) is 38.3 Å². The van der Waals surface area contributed by atoms with E-state index in [2.05, 4.69) is 9.88 Å². The predicted octanol–water partition coefficient (Wildman–Crippen LogP) is 2.16. The third kappa shape index (κ3) is 3.87. The molecule has 3 aromatic rings. The third-order valence-electron chi connectivity index (χ3n) is 4.86. The Balaban J connectivity index is 1.99. The largest absolute Gasteiger partial charge is 0.464 e. The van der Waals surface area contributed by atoms with Crippen molar-refractivity contribution in [3.05, 3.63) is 47.2 Å². The number of rotatable bonds is 5. The summed E-state index contributed by atoms with van der Waals surface area (Å²) in [6.07, 6.45) is 0. The molecule has 0 aliphatic carbocycles. The molecule has 0 saturated carbocycles. The van der Waals surface area contributed by atoms with Crippen molar-refractivity contribution in [1.82, 2.24) is 15.0 Å². The highest BCUT2D eigenvalue weighted by Crippen LogP contribution is 2.29. The van der Waals surface area contributed by atoms with Crippen LogP contribution >= 0.6 is 12.2 Å². The van der Waals surface area contributed by atoms with Gasteiger partial charge in [-0.25, -0.2) is 19.7 Å². The van der Waals surface area contributed by atoms with E-state index < -0.39 is 5.97 Å². The van der Waals surface area contributed by atoms with Crippen LogP contribution in [0.1, 0.15) is 21.6 Å². The normalized spacial score (nSPS) is 14.0. The molecule has 0 radical (unpaired) electrons. The van der Waals surface area contributed by atoms with Gasteiger partial charge in [-0.2, -0.15) is 0 Å². The number of benzene rings is 1. The van der Waals surface area contributed by atoms with Crippen molar-refractivity contribution in [1.29, 1.82) is 0 Å². The molecule has 0 spiro atoms. The molecular formula is C21H20N4O4S. The number of esters is 1. The lowest BCUT2D eigenvalue weighted by molar-refractivity contribution is 0.0594. The van der Waals surface area contributed by atoms with Gasteiger partial charge in [-0.3, -0.25) is 0 Å². The zero-order valence-corrected chi connectivity index (χ0v) is 17.2. The molecule has 8 nitrogen and oxygen atoms in total. The van der Waals surface area contributed by atoms with Crippen molar-refractivity contribution in [3.63, 3.8) is 0 Å². The van der Waals surface area contributed by atoms with Gasteiger partial charge >= 0.3 is 5.97 Å². The van der Waals surface area contributed by atoms with Crippen LogP contribution in [0.15, 0.2) is 30.3 Å². The Kier molecular flexibility index (Phi) is 5.93. The second kappa shape index (κ2) is 8.78. The molecule has 30 heavy (non-hydrogen) atoms. The maximum Gasteiger partial charge on any atom is 0.356 e. The lowest BCUT2D eigenvalue weighted by Gasteiger charge is -2.28. The summed E-state index contributed by atoms with van der Waals surface area (Å²) in [6, 6.07) is 8.99. The van der Waals surface area contributed by atoms with Gasteiger partial charge in [0.1, 0.15) is 16.7 Å². The number of thiocarbonyl (C=S) groups is 1. The average Bonchev–Trinajstić information content (AvgIpc) is 2.82. The molecule has 1 saturated heterocycles. The molecule has 9 heteroatoms. The molecule has 1 aliphatic rings. The number of carbonyl (C=O) groups is 1. The summed E-state index contributed by atoms with van der Waals surface area (Å²) in [7, 11) is 1.31. The van der Waals surface area contributed by atoms with Crippen LogP contribution in [-0.4, -0.2) is 64.8 Å². The van der Waals surface area contributed by atoms with Crippen molar-refractivity contribution in [2.45, 2.75) is 6.61 Å².